The smallest absolute Gasteiger partial charge is 0.345 e. The summed E-state index contributed by atoms with van der Waals surface area (Å²) in [5, 5.41) is 2.68. The number of rotatable bonds is 6. The summed E-state index contributed by atoms with van der Waals surface area (Å²) in [5.74, 6) is -0.637. The quantitative estimate of drug-likeness (QED) is 0.381. The number of benzene rings is 1. The summed E-state index contributed by atoms with van der Waals surface area (Å²) in [7, 11) is 0. The highest BCUT2D eigenvalue weighted by atomic mass is 32.1. The van der Waals surface area contributed by atoms with Crippen LogP contribution >= 0.6 is 11.3 Å². The number of hydrogen-bond donors (Lipinski definition) is 0. The van der Waals surface area contributed by atoms with Gasteiger partial charge in [-0.05, 0) is 30.5 Å². The predicted molar refractivity (Wildman–Crippen MR) is 134 cm³/mol. The molecule has 0 N–H and O–H groups in total. The van der Waals surface area contributed by atoms with Crippen molar-refractivity contribution in [2.24, 2.45) is 0 Å². The first-order valence-electron chi connectivity index (χ1n) is 11.5. The Bertz CT molecular complexity index is 1400. The van der Waals surface area contributed by atoms with Crippen LogP contribution in [-0.4, -0.2) is 54.1 Å². The van der Waals surface area contributed by atoms with E-state index < -0.39 is 11.5 Å². The van der Waals surface area contributed by atoms with E-state index >= 15 is 0 Å². The molecule has 1 saturated heterocycles. The highest BCUT2D eigenvalue weighted by Gasteiger charge is 2.30. The lowest BCUT2D eigenvalue weighted by molar-refractivity contribution is 0.0523. The number of fused-ring (bicyclic) bond motifs is 1. The van der Waals surface area contributed by atoms with Crippen molar-refractivity contribution in [3.63, 3.8) is 0 Å². The molecule has 9 heteroatoms. The molecule has 0 radical (unpaired) electrons. The maximum atomic E-state index is 13.8. The van der Waals surface area contributed by atoms with Gasteiger partial charge in [0, 0.05) is 37.1 Å². The molecular weight excluding hydrogens is 466 g/mol. The van der Waals surface area contributed by atoms with Gasteiger partial charge in [-0.3, -0.25) is 9.59 Å². The second-order valence-corrected chi connectivity index (χ2v) is 9.19. The molecule has 1 aliphatic heterocycles. The number of aromatic nitrogens is 1. The minimum atomic E-state index is -0.642. The number of esters is 1. The summed E-state index contributed by atoms with van der Waals surface area (Å²) in [6.45, 7) is 4.13. The van der Waals surface area contributed by atoms with Gasteiger partial charge in [0.1, 0.15) is 5.56 Å². The number of piperazine rings is 1. The van der Waals surface area contributed by atoms with Gasteiger partial charge >= 0.3 is 5.97 Å². The van der Waals surface area contributed by atoms with Crippen molar-refractivity contribution in [3.8, 4) is 0 Å². The Kier molecular flexibility index (Phi) is 6.41. The van der Waals surface area contributed by atoms with E-state index in [9.17, 15) is 14.4 Å². The van der Waals surface area contributed by atoms with E-state index in [4.69, 9.17) is 9.15 Å². The fourth-order valence-electron chi connectivity index (χ4n) is 4.52. The minimum absolute atomic E-state index is 0.00523. The first-order valence-corrected chi connectivity index (χ1v) is 12.4. The number of pyridine rings is 1. The topological polar surface area (TPSA) is 85.0 Å². The first kappa shape index (κ1) is 22.9. The molecule has 5 rings (SSSR count). The number of furan rings is 1. The normalized spacial score (nSPS) is 13.9. The number of amides is 1. The highest BCUT2D eigenvalue weighted by Crippen LogP contribution is 2.31. The summed E-state index contributed by atoms with van der Waals surface area (Å²) < 4.78 is 12.1. The average Bonchev–Trinajstić information content (AvgIpc) is 3.60. The second-order valence-electron chi connectivity index (χ2n) is 8.24. The third kappa shape index (κ3) is 4.35. The van der Waals surface area contributed by atoms with Gasteiger partial charge < -0.3 is 23.5 Å². The molecule has 8 nitrogen and oxygen atoms in total. The van der Waals surface area contributed by atoms with Crippen molar-refractivity contribution < 1.29 is 18.7 Å². The Morgan fingerprint density at radius 3 is 2.54 bits per heavy atom. The zero-order valence-electron chi connectivity index (χ0n) is 19.3. The molecule has 1 fully saturated rings. The van der Waals surface area contributed by atoms with Crippen LogP contribution in [0.4, 0.5) is 5.69 Å². The molecule has 0 unspecified atom stereocenters. The largest absolute Gasteiger partial charge is 0.472 e. The fourth-order valence-corrected chi connectivity index (χ4v) is 5.21. The van der Waals surface area contributed by atoms with E-state index in [-0.39, 0.29) is 24.6 Å². The molecule has 0 atom stereocenters. The number of carbonyl (C=O) groups excluding carboxylic acids is 2. The lowest BCUT2D eigenvalue weighted by Crippen LogP contribution is -2.49. The molecule has 3 aromatic heterocycles. The van der Waals surface area contributed by atoms with Gasteiger partial charge in [-0.2, -0.15) is 0 Å². The van der Waals surface area contributed by atoms with Crippen molar-refractivity contribution in [1.82, 2.24) is 9.47 Å². The summed E-state index contributed by atoms with van der Waals surface area (Å²) >= 11 is 1.42. The maximum absolute atomic E-state index is 13.8. The van der Waals surface area contributed by atoms with Crippen molar-refractivity contribution in [2.45, 2.75) is 13.5 Å². The lowest BCUT2D eigenvalue weighted by atomic mass is 10.1. The van der Waals surface area contributed by atoms with Crippen LogP contribution in [-0.2, 0) is 11.3 Å². The molecule has 4 aromatic rings. The fraction of sp³-hybridized carbons (Fsp3) is 0.269. The Morgan fingerprint density at radius 2 is 1.86 bits per heavy atom. The van der Waals surface area contributed by atoms with Gasteiger partial charge in [0.05, 0.1) is 41.8 Å². The number of thiophene rings is 1. The number of ether oxygens (including phenoxy) is 1. The number of carbonyl (C=O) groups is 2. The number of para-hydroxylation sites is 1. The zero-order chi connectivity index (χ0) is 24.4. The summed E-state index contributed by atoms with van der Waals surface area (Å²) in [6, 6.07) is 13.1. The van der Waals surface area contributed by atoms with Gasteiger partial charge in [-0.15, -0.1) is 11.3 Å². The molecule has 0 bridgehead atoms. The predicted octanol–water partition coefficient (Wildman–Crippen LogP) is 3.84. The van der Waals surface area contributed by atoms with Crippen molar-refractivity contribution in [1.29, 1.82) is 0 Å². The van der Waals surface area contributed by atoms with Crippen LogP contribution < -0.4 is 10.5 Å². The average molecular weight is 492 g/mol. The van der Waals surface area contributed by atoms with Gasteiger partial charge in [0.2, 0.25) is 0 Å². The molecule has 180 valence electrons. The molecule has 1 amide bonds. The van der Waals surface area contributed by atoms with Crippen molar-refractivity contribution in [2.75, 3.05) is 37.7 Å². The van der Waals surface area contributed by atoms with E-state index in [0.29, 0.717) is 36.7 Å². The molecule has 35 heavy (non-hydrogen) atoms. The van der Waals surface area contributed by atoms with Crippen molar-refractivity contribution in [3.05, 3.63) is 86.7 Å². The summed E-state index contributed by atoms with van der Waals surface area (Å²) in [4.78, 5) is 44.2. The summed E-state index contributed by atoms with van der Waals surface area (Å²) in [5.41, 5.74) is 1.72. The van der Waals surface area contributed by atoms with Crippen LogP contribution in [0.3, 0.4) is 0 Å². The standard InChI is InChI=1S/C26H25N3O5S/c1-2-34-26(32)22-23(27-10-12-28(13-11-27)24(30)21-8-5-15-35-21)19-6-3-4-7-20(19)29(25(22)31)16-18-9-14-33-17-18/h3-9,14-15,17H,2,10-13,16H2,1H3. The SMILES string of the molecule is CCOC(=O)c1c(N2CCN(C(=O)c3cccs3)CC2)c2ccccc2n(Cc2ccoc2)c1=O. The molecule has 0 saturated carbocycles. The van der Waals surface area contributed by atoms with E-state index in [1.807, 2.05) is 51.6 Å². The van der Waals surface area contributed by atoms with E-state index in [1.165, 1.54) is 11.3 Å². The summed E-state index contributed by atoms with van der Waals surface area (Å²) in [6.07, 6.45) is 3.14. The van der Waals surface area contributed by atoms with Crippen LogP contribution in [0, 0.1) is 0 Å². The third-order valence-electron chi connectivity index (χ3n) is 6.16. The Balaban J connectivity index is 1.57. The molecule has 1 aliphatic rings. The van der Waals surface area contributed by atoms with E-state index in [2.05, 4.69) is 0 Å². The number of anilines is 1. The minimum Gasteiger partial charge on any atom is -0.472 e. The molecule has 0 aliphatic carbocycles. The number of hydrogen-bond acceptors (Lipinski definition) is 7. The van der Waals surface area contributed by atoms with Gasteiger partial charge in [-0.25, -0.2) is 4.79 Å². The van der Waals surface area contributed by atoms with Crippen LogP contribution in [0.15, 0.2) is 69.6 Å². The lowest BCUT2D eigenvalue weighted by Gasteiger charge is -2.37. The van der Waals surface area contributed by atoms with Crippen LogP contribution in [0.5, 0.6) is 0 Å². The highest BCUT2D eigenvalue weighted by molar-refractivity contribution is 7.12. The van der Waals surface area contributed by atoms with Crippen LogP contribution in [0.25, 0.3) is 10.9 Å². The Labute approximate surface area is 205 Å². The van der Waals surface area contributed by atoms with Crippen LogP contribution in [0.2, 0.25) is 0 Å². The van der Waals surface area contributed by atoms with E-state index in [0.717, 1.165) is 16.5 Å². The van der Waals surface area contributed by atoms with Gasteiger partial charge in [0.25, 0.3) is 11.5 Å². The molecule has 0 spiro atoms. The zero-order valence-corrected chi connectivity index (χ0v) is 20.1. The maximum Gasteiger partial charge on any atom is 0.345 e. The Hall–Kier alpha value is -3.85. The molecule has 4 heterocycles. The third-order valence-corrected chi connectivity index (χ3v) is 7.02. The van der Waals surface area contributed by atoms with E-state index in [1.54, 1.807) is 30.1 Å². The second kappa shape index (κ2) is 9.79. The molecule has 1 aromatic carbocycles. The number of nitrogens with zero attached hydrogens (tertiary/aromatic N) is 3. The Morgan fingerprint density at radius 1 is 1.06 bits per heavy atom. The van der Waals surface area contributed by atoms with Crippen LogP contribution in [0.1, 0.15) is 32.5 Å². The van der Waals surface area contributed by atoms with Gasteiger partial charge in [0.15, 0.2) is 0 Å². The van der Waals surface area contributed by atoms with Gasteiger partial charge in [-0.1, -0.05) is 24.3 Å². The van der Waals surface area contributed by atoms with Crippen molar-refractivity contribution >= 4 is 39.8 Å². The monoisotopic (exact) mass is 491 g/mol. The molecular formula is C26H25N3O5S. The first-order chi connectivity index (χ1) is 17.1.